The molecule has 0 rings (SSSR count). The lowest BCUT2D eigenvalue weighted by Gasteiger charge is -2.22. The maximum Gasteiger partial charge on any atom is 0.0575 e. The zero-order valence-electron chi connectivity index (χ0n) is 11.8. The fraction of sp³-hybridized carbons (Fsp3) is 1.00. The zero-order valence-corrected chi connectivity index (χ0v) is 11.8. The van der Waals surface area contributed by atoms with Gasteiger partial charge in [0.25, 0.3) is 0 Å². The Kier molecular flexibility index (Phi) is 8.96. The molecule has 98 valence electrons. The fourth-order valence-corrected chi connectivity index (χ4v) is 1.82. The van der Waals surface area contributed by atoms with E-state index in [0.29, 0.717) is 12.0 Å². The smallest absolute Gasteiger partial charge is 0.0575 e. The molecule has 0 bridgehead atoms. The van der Waals surface area contributed by atoms with E-state index in [2.05, 4.69) is 39.9 Å². The van der Waals surface area contributed by atoms with E-state index in [1.54, 1.807) is 0 Å². The van der Waals surface area contributed by atoms with E-state index in [-0.39, 0.29) is 6.10 Å². The summed E-state index contributed by atoms with van der Waals surface area (Å²) in [5.74, 6) is 1.17. The highest BCUT2D eigenvalue weighted by molar-refractivity contribution is 4.70. The second kappa shape index (κ2) is 9.00. The first-order chi connectivity index (χ1) is 7.51. The summed E-state index contributed by atoms with van der Waals surface area (Å²) in [7, 11) is 0. The first-order valence-electron chi connectivity index (χ1n) is 6.92. The van der Waals surface area contributed by atoms with Crippen molar-refractivity contribution >= 4 is 0 Å². The van der Waals surface area contributed by atoms with Crippen molar-refractivity contribution in [2.24, 2.45) is 11.8 Å². The number of hydrogen-bond donors (Lipinski definition) is 2. The van der Waals surface area contributed by atoms with E-state index in [1.165, 1.54) is 19.3 Å². The number of nitrogens with one attached hydrogen (secondary N) is 1. The maximum absolute atomic E-state index is 9.70. The van der Waals surface area contributed by atoms with Gasteiger partial charge in [0.1, 0.15) is 0 Å². The van der Waals surface area contributed by atoms with Crippen LogP contribution in [0.5, 0.6) is 0 Å². The van der Waals surface area contributed by atoms with Crippen LogP contribution in [0.15, 0.2) is 0 Å². The molecule has 0 saturated carbocycles. The molecule has 0 aromatic rings. The van der Waals surface area contributed by atoms with Gasteiger partial charge in [-0.1, -0.05) is 41.0 Å². The quantitative estimate of drug-likeness (QED) is 0.636. The molecule has 0 aliphatic carbocycles. The predicted molar refractivity (Wildman–Crippen MR) is 71.6 cm³/mol. The van der Waals surface area contributed by atoms with Gasteiger partial charge in [0.05, 0.1) is 6.10 Å². The number of aliphatic hydroxyl groups excluding tert-OH is 1. The average Bonchev–Trinajstić information content (AvgIpc) is 2.26. The SMILES string of the molecule is CCC(C)CC(CC)NCCC(O)C(C)C. The van der Waals surface area contributed by atoms with Crippen molar-refractivity contribution in [3.05, 3.63) is 0 Å². The minimum atomic E-state index is -0.159. The summed E-state index contributed by atoms with van der Waals surface area (Å²) in [6, 6.07) is 0.620. The van der Waals surface area contributed by atoms with Gasteiger partial charge < -0.3 is 10.4 Å². The Labute approximate surface area is 102 Å². The Morgan fingerprint density at radius 3 is 2.12 bits per heavy atom. The van der Waals surface area contributed by atoms with Crippen molar-refractivity contribution in [1.82, 2.24) is 5.32 Å². The maximum atomic E-state index is 9.70. The first-order valence-corrected chi connectivity index (χ1v) is 6.92. The molecule has 2 heteroatoms. The zero-order chi connectivity index (χ0) is 12.6. The van der Waals surface area contributed by atoms with Gasteiger partial charge in [-0.05, 0) is 37.6 Å². The summed E-state index contributed by atoms with van der Waals surface area (Å²) in [6.45, 7) is 11.9. The lowest BCUT2D eigenvalue weighted by Crippen LogP contribution is -2.33. The average molecular weight is 229 g/mol. The molecule has 0 aromatic carbocycles. The standard InChI is InChI=1S/C14H31NO/c1-6-12(5)10-13(7-2)15-9-8-14(16)11(3)4/h11-16H,6-10H2,1-5H3. The van der Waals surface area contributed by atoms with Crippen molar-refractivity contribution in [3.8, 4) is 0 Å². The second-order valence-electron chi connectivity index (χ2n) is 5.41. The van der Waals surface area contributed by atoms with Crippen LogP contribution in [0.3, 0.4) is 0 Å². The highest BCUT2D eigenvalue weighted by Crippen LogP contribution is 2.12. The topological polar surface area (TPSA) is 32.3 Å². The van der Waals surface area contributed by atoms with Crippen LogP contribution >= 0.6 is 0 Å². The van der Waals surface area contributed by atoms with E-state index in [1.807, 2.05) is 0 Å². The van der Waals surface area contributed by atoms with Crippen molar-refractivity contribution in [1.29, 1.82) is 0 Å². The van der Waals surface area contributed by atoms with E-state index < -0.39 is 0 Å². The van der Waals surface area contributed by atoms with Gasteiger partial charge in [0.15, 0.2) is 0 Å². The highest BCUT2D eigenvalue weighted by Gasteiger charge is 2.12. The van der Waals surface area contributed by atoms with Crippen molar-refractivity contribution in [2.75, 3.05) is 6.54 Å². The van der Waals surface area contributed by atoms with Gasteiger partial charge in [-0.3, -0.25) is 0 Å². The molecule has 0 spiro atoms. The van der Waals surface area contributed by atoms with Crippen LogP contribution < -0.4 is 5.32 Å². The Morgan fingerprint density at radius 1 is 1.06 bits per heavy atom. The molecule has 16 heavy (non-hydrogen) atoms. The number of aliphatic hydroxyl groups is 1. The third-order valence-electron chi connectivity index (χ3n) is 3.52. The van der Waals surface area contributed by atoms with Crippen molar-refractivity contribution < 1.29 is 5.11 Å². The molecular weight excluding hydrogens is 198 g/mol. The van der Waals surface area contributed by atoms with E-state index in [0.717, 1.165) is 18.9 Å². The van der Waals surface area contributed by atoms with E-state index in [4.69, 9.17) is 0 Å². The molecule has 2 nitrogen and oxygen atoms in total. The van der Waals surface area contributed by atoms with Gasteiger partial charge in [-0.15, -0.1) is 0 Å². The Bertz CT molecular complexity index is 159. The van der Waals surface area contributed by atoms with Crippen LogP contribution in [-0.4, -0.2) is 23.8 Å². The van der Waals surface area contributed by atoms with Gasteiger partial charge >= 0.3 is 0 Å². The van der Waals surface area contributed by atoms with Crippen LogP contribution in [0, 0.1) is 11.8 Å². The van der Waals surface area contributed by atoms with E-state index >= 15 is 0 Å². The molecule has 0 aliphatic heterocycles. The van der Waals surface area contributed by atoms with Gasteiger partial charge in [-0.25, -0.2) is 0 Å². The van der Waals surface area contributed by atoms with Gasteiger partial charge in [-0.2, -0.15) is 0 Å². The molecular formula is C14H31NO. The molecule has 0 aliphatic rings. The first kappa shape index (κ1) is 15.9. The minimum Gasteiger partial charge on any atom is -0.393 e. The summed E-state index contributed by atoms with van der Waals surface area (Å²) in [4.78, 5) is 0. The summed E-state index contributed by atoms with van der Waals surface area (Å²) < 4.78 is 0. The summed E-state index contributed by atoms with van der Waals surface area (Å²) in [5, 5.41) is 13.3. The predicted octanol–water partition coefficient (Wildman–Crippen LogP) is 3.20. The van der Waals surface area contributed by atoms with Gasteiger partial charge in [0.2, 0.25) is 0 Å². The highest BCUT2D eigenvalue weighted by atomic mass is 16.3. The Morgan fingerprint density at radius 2 is 1.69 bits per heavy atom. The number of rotatable bonds is 9. The van der Waals surface area contributed by atoms with E-state index in [9.17, 15) is 5.11 Å². The van der Waals surface area contributed by atoms with Crippen LogP contribution in [0.25, 0.3) is 0 Å². The molecule has 3 unspecified atom stereocenters. The molecule has 2 N–H and O–H groups in total. The monoisotopic (exact) mass is 229 g/mol. The van der Waals surface area contributed by atoms with Crippen molar-refractivity contribution in [2.45, 2.75) is 72.4 Å². The summed E-state index contributed by atoms with van der Waals surface area (Å²) >= 11 is 0. The van der Waals surface area contributed by atoms with Crippen molar-refractivity contribution in [3.63, 3.8) is 0 Å². The third kappa shape index (κ3) is 7.24. The molecule has 0 amide bonds. The van der Waals surface area contributed by atoms with Crippen LogP contribution in [0.2, 0.25) is 0 Å². The lowest BCUT2D eigenvalue weighted by atomic mass is 9.97. The van der Waals surface area contributed by atoms with Crippen LogP contribution in [-0.2, 0) is 0 Å². The molecule has 3 atom stereocenters. The minimum absolute atomic E-state index is 0.159. The van der Waals surface area contributed by atoms with Gasteiger partial charge in [0, 0.05) is 6.04 Å². The van der Waals surface area contributed by atoms with Crippen LogP contribution in [0.1, 0.15) is 60.3 Å². The Balaban J connectivity index is 3.70. The molecule has 0 saturated heterocycles. The molecule has 0 radical (unpaired) electrons. The third-order valence-corrected chi connectivity index (χ3v) is 3.52. The number of hydrogen-bond acceptors (Lipinski definition) is 2. The fourth-order valence-electron chi connectivity index (χ4n) is 1.82. The summed E-state index contributed by atoms with van der Waals surface area (Å²) in [5.41, 5.74) is 0. The lowest BCUT2D eigenvalue weighted by molar-refractivity contribution is 0.114. The second-order valence-corrected chi connectivity index (χ2v) is 5.41. The Hall–Kier alpha value is -0.0800. The summed E-state index contributed by atoms with van der Waals surface area (Å²) in [6.07, 6.45) is 4.41. The molecule has 0 heterocycles. The van der Waals surface area contributed by atoms with Crippen LogP contribution in [0.4, 0.5) is 0 Å². The largest absolute Gasteiger partial charge is 0.393 e. The molecule has 0 fully saturated rings. The molecule has 0 aromatic heterocycles. The normalized spacial score (nSPS) is 17.4.